The number of aromatic carboxylic acids is 1. The van der Waals surface area contributed by atoms with E-state index in [9.17, 15) is 14.4 Å². The number of carbonyl (C=O) groups excluding carboxylic acids is 2. The number of rotatable bonds is 10. The molecule has 7 heteroatoms. The maximum absolute atomic E-state index is 11.9. The van der Waals surface area contributed by atoms with Gasteiger partial charge in [0, 0.05) is 13.3 Å². The zero-order valence-corrected chi connectivity index (χ0v) is 16.5. The molecule has 1 unspecified atom stereocenters. The Balaban J connectivity index is 1.68. The second kappa shape index (κ2) is 11.0. The number of carboxylic acids is 1. The van der Waals surface area contributed by atoms with E-state index in [1.54, 1.807) is 42.5 Å². The Morgan fingerprint density at radius 1 is 1.07 bits per heavy atom. The van der Waals surface area contributed by atoms with Crippen LogP contribution in [0.25, 0.3) is 0 Å². The third-order valence-electron chi connectivity index (χ3n) is 4.23. The van der Waals surface area contributed by atoms with Gasteiger partial charge in [0.05, 0.1) is 12.2 Å². The van der Waals surface area contributed by atoms with Gasteiger partial charge in [0.25, 0.3) is 0 Å². The normalized spacial score (nSPS) is 11.5. The van der Waals surface area contributed by atoms with Crippen molar-refractivity contribution < 1.29 is 29.1 Å². The van der Waals surface area contributed by atoms with E-state index in [-0.39, 0.29) is 30.0 Å². The highest BCUT2D eigenvalue weighted by Crippen LogP contribution is 2.16. The van der Waals surface area contributed by atoms with Crippen molar-refractivity contribution in [3.8, 4) is 5.75 Å². The lowest BCUT2D eigenvalue weighted by Gasteiger charge is -2.12. The van der Waals surface area contributed by atoms with Crippen LogP contribution in [0, 0.1) is 5.92 Å². The van der Waals surface area contributed by atoms with Gasteiger partial charge in [-0.25, -0.2) is 10.3 Å². The van der Waals surface area contributed by atoms with Crippen LogP contribution < -0.4 is 10.2 Å². The summed E-state index contributed by atoms with van der Waals surface area (Å²) in [5.74, 6) is -0.874. The molecular weight excluding hydrogens is 374 g/mol. The van der Waals surface area contributed by atoms with Crippen LogP contribution in [0.2, 0.25) is 0 Å². The minimum atomic E-state index is -0.947. The van der Waals surface area contributed by atoms with Gasteiger partial charge in [-0.3, -0.25) is 14.4 Å². The number of hydrogen-bond acceptors (Lipinski definition) is 5. The van der Waals surface area contributed by atoms with E-state index in [1.807, 2.05) is 13.0 Å². The summed E-state index contributed by atoms with van der Waals surface area (Å²) in [4.78, 5) is 39.1. The highest BCUT2D eigenvalue weighted by atomic mass is 16.6. The number of benzene rings is 2. The number of esters is 1. The molecule has 1 amide bonds. The van der Waals surface area contributed by atoms with E-state index < -0.39 is 5.97 Å². The van der Waals surface area contributed by atoms with Crippen molar-refractivity contribution in [2.45, 2.75) is 39.7 Å². The molecule has 2 N–H and O–H groups in total. The number of carboxylic acid groups (broad SMARTS) is 1. The van der Waals surface area contributed by atoms with Crippen molar-refractivity contribution in [2.75, 3.05) is 0 Å². The lowest BCUT2D eigenvalue weighted by atomic mass is 9.95. The van der Waals surface area contributed by atoms with Crippen molar-refractivity contribution in [2.24, 2.45) is 5.92 Å². The van der Waals surface area contributed by atoms with Gasteiger partial charge in [-0.2, -0.15) is 0 Å². The third kappa shape index (κ3) is 8.15. The largest absolute Gasteiger partial charge is 0.478 e. The molecule has 0 aliphatic rings. The van der Waals surface area contributed by atoms with Gasteiger partial charge in [-0.05, 0) is 54.2 Å². The van der Waals surface area contributed by atoms with Gasteiger partial charge in [-0.15, -0.1) is 0 Å². The Hall–Kier alpha value is -3.19. The molecular formula is C22H25NO6. The molecule has 0 fully saturated rings. The monoisotopic (exact) mass is 399 g/mol. The number of amides is 1. The number of ether oxygens (including phenoxy) is 1. The van der Waals surface area contributed by atoms with E-state index in [0.717, 1.165) is 11.1 Å². The first-order valence-electron chi connectivity index (χ1n) is 9.33. The summed E-state index contributed by atoms with van der Waals surface area (Å²) in [7, 11) is 0. The van der Waals surface area contributed by atoms with Crippen LogP contribution in [0.5, 0.6) is 5.75 Å². The van der Waals surface area contributed by atoms with Crippen LogP contribution in [0.1, 0.15) is 48.2 Å². The van der Waals surface area contributed by atoms with Crippen LogP contribution in [0.3, 0.4) is 0 Å². The van der Waals surface area contributed by atoms with Gasteiger partial charge >= 0.3 is 11.9 Å². The standard InChI is InChI=1S/C22H25NO6/c1-15(12-18-4-3-5-19(13-18)22(26)27)6-11-21(25)23-28-14-17-7-9-20(10-8-17)29-16(2)24/h3-5,7-10,13,15H,6,11-12,14H2,1-2H3,(H,23,25)(H,26,27). The number of hydroxylamine groups is 1. The molecule has 1 atom stereocenters. The maximum Gasteiger partial charge on any atom is 0.335 e. The van der Waals surface area contributed by atoms with E-state index in [0.29, 0.717) is 25.0 Å². The van der Waals surface area contributed by atoms with Gasteiger partial charge in [0.1, 0.15) is 5.75 Å². The molecule has 0 aromatic heterocycles. The molecule has 7 nitrogen and oxygen atoms in total. The van der Waals surface area contributed by atoms with Crippen LogP contribution in [-0.2, 0) is 27.5 Å². The summed E-state index contributed by atoms with van der Waals surface area (Å²) < 4.78 is 4.95. The smallest absolute Gasteiger partial charge is 0.335 e. The molecule has 0 aliphatic heterocycles. The average Bonchev–Trinajstić information content (AvgIpc) is 2.67. The fourth-order valence-corrected chi connectivity index (χ4v) is 2.78. The Labute approximate surface area is 169 Å². The van der Waals surface area contributed by atoms with E-state index in [1.165, 1.54) is 6.92 Å². The molecule has 0 saturated heterocycles. The zero-order valence-electron chi connectivity index (χ0n) is 16.5. The highest BCUT2D eigenvalue weighted by molar-refractivity contribution is 5.87. The van der Waals surface area contributed by atoms with Crippen molar-refractivity contribution in [3.05, 3.63) is 65.2 Å². The molecule has 0 bridgehead atoms. The Morgan fingerprint density at radius 3 is 2.45 bits per heavy atom. The quantitative estimate of drug-likeness (QED) is 0.360. The predicted molar refractivity (Wildman–Crippen MR) is 106 cm³/mol. The fraction of sp³-hybridized carbons (Fsp3) is 0.318. The molecule has 2 aromatic carbocycles. The van der Waals surface area contributed by atoms with Gasteiger partial charge in [0.2, 0.25) is 5.91 Å². The molecule has 2 rings (SSSR count). The second-order valence-corrected chi connectivity index (χ2v) is 6.91. The fourth-order valence-electron chi connectivity index (χ4n) is 2.78. The first-order chi connectivity index (χ1) is 13.8. The lowest BCUT2D eigenvalue weighted by molar-refractivity contribution is -0.135. The molecule has 0 aliphatic carbocycles. The van der Waals surface area contributed by atoms with E-state index >= 15 is 0 Å². The van der Waals surface area contributed by atoms with Crippen LogP contribution in [0.15, 0.2) is 48.5 Å². The van der Waals surface area contributed by atoms with Gasteiger partial charge < -0.3 is 9.84 Å². The maximum atomic E-state index is 11.9. The summed E-state index contributed by atoms with van der Waals surface area (Å²) in [6.45, 7) is 3.55. The summed E-state index contributed by atoms with van der Waals surface area (Å²) in [6.07, 6.45) is 1.67. The predicted octanol–water partition coefficient (Wildman–Crippen LogP) is 3.52. The molecule has 2 aromatic rings. The van der Waals surface area contributed by atoms with Gasteiger partial charge in [-0.1, -0.05) is 31.2 Å². The highest BCUT2D eigenvalue weighted by Gasteiger charge is 2.10. The first kappa shape index (κ1) is 22.1. The van der Waals surface area contributed by atoms with E-state index in [4.69, 9.17) is 14.7 Å². The van der Waals surface area contributed by atoms with E-state index in [2.05, 4.69) is 5.48 Å². The van der Waals surface area contributed by atoms with Crippen molar-refractivity contribution >= 4 is 17.8 Å². The van der Waals surface area contributed by atoms with Crippen LogP contribution in [0.4, 0.5) is 0 Å². The second-order valence-electron chi connectivity index (χ2n) is 6.91. The SMILES string of the molecule is CC(=O)Oc1ccc(CONC(=O)CCC(C)Cc2cccc(C(=O)O)c2)cc1. The summed E-state index contributed by atoms with van der Waals surface area (Å²) >= 11 is 0. The average molecular weight is 399 g/mol. The van der Waals surface area contributed by atoms with Gasteiger partial charge in [0.15, 0.2) is 0 Å². The van der Waals surface area contributed by atoms with Crippen LogP contribution in [-0.4, -0.2) is 23.0 Å². The zero-order chi connectivity index (χ0) is 21.2. The summed E-state index contributed by atoms with van der Waals surface area (Å²) in [6, 6.07) is 13.6. The topological polar surface area (TPSA) is 102 Å². The van der Waals surface area contributed by atoms with Crippen molar-refractivity contribution in [1.82, 2.24) is 5.48 Å². The lowest BCUT2D eigenvalue weighted by Crippen LogP contribution is -2.23. The molecule has 0 heterocycles. The van der Waals surface area contributed by atoms with Crippen LogP contribution >= 0.6 is 0 Å². The van der Waals surface area contributed by atoms with Crippen molar-refractivity contribution in [1.29, 1.82) is 0 Å². The summed E-state index contributed by atoms with van der Waals surface area (Å²) in [5.41, 5.74) is 4.45. The minimum absolute atomic E-state index is 0.198. The number of nitrogens with one attached hydrogen (secondary N) is 1. The number of hydrogen-bond donors (Lipinski definition) is 2. The molecule has 29 heavy (non-hydrogen) atoms. The Kier molecular flexibility index (Phi) is 8.36. The molecule has 154 valence electrons. The first-order valence-corrected chi connectivity index (χ1v) is 9.33. The molecule has 0 saturated carbocycles. The minimum Gasteiger partial charge on any atom is -0.478 e. The Bertz CT molecular complexity index is 847. The molecule has 0 spiro atoms. The number of carbonyl (C=O) groups is 3. The van der Waals surface area contributed by atoms with Crippen molar-refractivity contribution in [3.63, 3.8) is 0 Å². The Morgan fingerprint density at radius 2 is 1.79 bits per heavy atom. The molecule has 0 radical (unpaired) electrons. The summed E-state index contributed by atoms with van der Waals surface area (Å²) in [5, 5.41) is 9.05. The third-order valence-corrected chi connectivity index (χ3v) is 4.23.